The molecule has 0 saturated heterocycles. The van der Waals surface area contributed by atoms with Gasteiger partial charge in [0.05, 0.1) is 13.5 Å². The fourth-order valence-corrected chi connectivity index (χ4v) is 2.30. The predicted octanol–water partition coefficient (Wildman–Crippen LogP) is 2.63. The maximum Gasteiger partial charge on any atom is 0.303 e. The minimum absolute atomic E-state index is 0.0359. The smallest absolute Gasteiger partial charge is 0.303 e. The van der Waals surface area contributed by atoms with Crippen LogP contribution in [0.4, 0.5) is 0 Å². The van der Waals surface area contributed by atoms with Crippen LogP contribution in [0.15, 0.2) is 48.5 Å². The van der Waals surface area contributed by atoms with Crippen LogP contribution in [0.1, 0.15) is 18.4 Å². The van der Waals surface area contributed by atoms with Crippen molar-refractivity contribution in [2.45, 2.75) is 19.4 Å². The van der Waals surface area contributed by atoms with Gasteiger partial charge in [-0.1, -0.05) is 24.3 Å². The third-order valence-electron chi connectivity index (χ3n) is 3.63. The van der Waals surface area contributed by atoms with Gasteiger partial charge >= 0.3 is 5.97 Å². The second kappa shape index (κ2) is 10.7. The Balaban J connectivity index is 1.75. The summed E-state index contributed by atoms with van der Waals surface area (Å²) >= 11 is 0. The fourth-order valence-electron chi connectivity index (χ4n) is 2.30. The highest BCUT2D eigenvalue weighted by Gasteiger charge is 2.06. The van der Waals surface area contributed by atoms with Crippen LogP contribution in [0.2, 0.25) is 0 Å². The first-order valence-corrected chi connectivity index (χ1v) is 8.54. The third-order valence-corrected chi connectivity index (χ3v) is 3.63. The number of methoxy groups -OCH3 is 1. The fraction of sp³-hybridized carbons (Fsp3) is 0.300. The number of benzene rings is 2. The van der Waals surface area contributed by atoms with E-state index in [9.17, 15) is 9.59 Å². The van der Waals surface area contributed by atoms with E-state index in [-0.39, 0.29) is 18.7 Å². The van der Waals surface area contributed by atoms with E-state index in [0.29, 0.717) is 37.0 Å². The number of rotatable bonds is 11. The summed E-state index contributed by atoms with van der Waals surface area (Å²) in [4.78, 5) is 22.0. The molecule has 0 aliphatic rings. The van der Waals surface area contributed by atoms with Crippen LogP contribution in [-0.2, 0) is 16.1 Å². The molecular weight excluding hydrogens is 350 g/mol. The Morgan fingerprint density at radius 1 is 0.963 bits per heavy atom. The van der Waals surface area contributed by atoms with E-state index in [2.05, 4.69) is 5.32 Å². The number of ether oxygens (including phenoxy) is 3. The first kappa shape index (κ1) is 20.1. The molecule has 7 heteroatoms. The summed E-state index contributed by atoms with van der Waals surface area (Å²) in [5, 5.41) is 11.3. The van der Waals surface area contributed by atoms with Gasteiger partial charge in [0.2, 0.25) is 5.91 Å². The molecule has 0 spiro atoms. The lowest BCUT2D eigenvalue weighted by molar-refractivity contribution is -0.138. The molecule has 0 saturated carbocycles. The van der Waals surface area contributed by atoms with Crippen LogP contribution >= 0.6 is 0 Å². The zero-order valence-corrected chi connectivity index (χ0v) is 15.1. The standard InChI is InChI=1S/C20H23NO6/c1-25-17-7-2-3-8-18(17)27-12-11-26-16-6-4-5-15(13-16)14-21-19(22)9-10-20(23)24/h2-8,13H,9-12,14H2,1H3,(H,21,22)(H,23,24). The van der Waals surface area contributed by atoms with Crippen LogP contribution < -0.4 is 19.5 Å². The van der Waals surface area contributed by atoms with E-state index in [1.54, 1.807) is 7.11 Å². The molecule has 2 aromatic carbocycles. The number of carboxylic acids is 1. The van der Waals surface area contributed by atoms with Crippen molar-refractivity contribution >= 4 is 11.9 Å². The molecule has 0 fully saturated rings. The van der Waals surface area contributed by atoms with Crippen molar-refractivity contribution in [1.82, 2.24) is 5.32 Å². The summed E-state index contributed by atoms with van der Waals surface area (Å²) in [5.41, 5.74) is 0.863. The molecule has 0 unspecified atom stereocenters. The molecule has 144 valence electrons. The van der Waals surface area contributed by atoms with Crippen molar-refractivity contribution in [3.8, 4) is 17.2 Å². The molecule has 0 heterocycles. The summed E-state index contributed by atoms with van der Waals surface area (Å²) in [7, 11) is 1.59. The van der Waals surface area contributed by atoms with Crippen molar-refractivity contribution in [1.29, 1.82) is 0 Å². The van der Waals surface area contributed by atoms with Gasteiger partial charge in [-0.05, 0) is 29.8 Å². The number of hydrogen-bond donors (Lipinski definition) is 2. The molecule has 0 aromatic heterocycles. The average Bonchev–Trinajstić information content (AvgIpc) is 2.68. The summed E-state index contributed by atoms with van der Waals surface area (Å²) in [5.74, 6) is 0.695. The Labute approximate surface area is 157 Å². The maximum absolute atomic E-state index is 11.6. The van der Waals surface area contributed by atoms with Crippen molar-refractivity contribution in [2.75, 3.05) is 20.3 Å². The molecule has 2 N–H and O–H groups in total. The van der Waals surface area contributed by atoms with Gasteiger partial charge in [0.15, 0.2) is 11.5 Å². The maximum atomic E-state index is 11.6. The molecule has 7 nitrogen and oxygen atoms in total. The first-order chi connectivity index (χ1) is 13.1. The van der Waals surface area contributed by atoms with Crippen molar-refractivity contribution in [3.05, 3.63) is 54.1 Å². The van der Waals surface area contributed by atoms with Gasteiger partial charge in [0, 0.05) is 13.0 Å². The molecular formula is C20H23NO6. The number of carbonyl (C=O) groups is 2. The Bertz CT molecular complexity index is 762. The highest BCUT2D eigenvalue weighted by molar-refractivity contribution is 5.80. The lowest BCUT2D eigenvalue weighted by Crippen LogP contribution is -2.23. The molecule has 0 aliphatic carbocycles. The lowest BCUT2D eigenvalue weighted by atomic mass is 10.2. The highest BCUT2D eigenvalue weighted by atomic mass is 16.5. The van der Waals surface area contributed by atoms with E-state index < -0.39 is 5.97 Å². The summed E-state index contributed by atoms with van der Waals surface area (Å²) in [6.07, 6.45) is -0.215. The number of amides is 1. The van der Waals surface area contributed by atoms with Crippen LogP contribution in [0.3, 0.4) is 0 Å². The second-order valence-corrected chi connectivity index (χ2v) is 5.67. The number of hydrogen-bond acceptors (Lipinski definition) is 5. The number of para-hydroxylation sites is 2. The Morgan fingerprint density at radius 3 is 2.44 bits per heavy atom. The number of carbonyl (C=O) groups excluding carboxylic acids is 1. The van der Waals surface area contributed by atoms with Crippen molar-refractivity contribution < 1.29 is 28.9 Å². The molecule has 0 aliphatic heterocycles. The van der Waals surface area contributed by atoms with E-state index in [1.165, 1.54) is 0 Å². The Hall–Kier alpha value is -3.22. The average molecular weight is 373 g/mol. The highest BCUT2D eigenvalue weighted by Crippen LogP contribution is 2.25. The minimum Gasteiger partial charge on any atom is -0.493 e. The van der Waals surface area contributed by atoms with Gasteiger partial charge in [-0.25, -0.2) is 0 Å². The number of carboxylic acid groups (broad SMARTS) is 1. The second-order valence-electron chi connectivity index (χ2n) is 5.67. The van der Waals surface area contributed by atoms with Crippen LogP contribution in [0.25, 0.3) is 0 Å². The van der Waals surface area contributed by atoms with Gasteiger partial charge in [0.25, 0.3) is 0 Å². The molecule has 2 aromatic rings. The normalized spacial score (nSPS) is 10.1. The van der Waals surface area contributed by atoms with E-state index in [1.807, 2.05) is 48.5 Å². The monoisotopic (exact) mass is 373 g/mol. The number of nitrogens with one attached hydrogen (secondary N) is 1. The zero-order valence-electron chi connectivity index (χ0n) is 15.1. The minimum atomic E-state index is -0.990. The molecule has 0 radical (unpaired) electrons. The van der Waals surface area contributed by atoms with Crippen LogP contribution in [-0.4, -0.2) is 37.3 Å². The molecule has 1 amide bonds. The van der Waals surface area contributed by atoms with Gasteiger partial charge < -0.3 is 24.6 Å². The first-order valence-electron chi connectivity index (χ1n) is 8.54. The quantitative estimate of drug-likeness (QED) is 0.588. The molecule has 27 heavy (non-hydrogen) atoms. The Morgan fingerprint density at radius 2 is 1.70 bits per heavy atom. The predicted molar refractivity (Wildman–Crippen MR) is 99.1 cm³/mol. The van der Waals surface area contributed by atoms with Crippen LogP contribution in [0.5, 0.6) is 17.2 Å². The van der Waals surface area contributed by atoms with Gasteiger partial charge in [-0.3, -0.25) is 9.59 Å². The largest absolute Gasteiger partial charge is 0.493 e. The molecule has 0 bridgehead atoms. The van der Waals surface area contributed by atoms with Gasteiger partial charge in [-0.2, -0.15) is 0 Å². The zero-order chi connectivity index (χ0) is 19.5. The summed E-state index contributed by atoms with van der Waals surface area (Å²) in [6, 6.07) is 14.7. The summed E-state index contributed by atoms with van der Waals surface area (Å²) in [6.45, 7) is 1.02. The SMILES string of the molecule is COc1ccccc1OCCOc1cccc(CNC(=O)CCC(=O)O)c1. The molecule has 2 rings (SSSR count). The number of aliphatic carboxylic acids is 1. The molecule has 0 atom stereocenters. The van der Waals surface area contributed by atoms with E-state index in [0.717, 1.165) is 5.56 Å². The lowest BCUT2D eigenvalue weighted by Gasteiger charge is -2.12. The van der Waals surface area contributed by atoms with Crippen molar-refractivity contribution in [2.24, 2.45) is 0 Å². The van der Waals surface area contributed by atoms with E-state index >= 15 is 0 Å². The van der Waals surface area contributed by atoms with E-state index in [4.69, 9.17) is 19.3 Å². The Kier molecular flexibility index (Phi) is 7.96. The topological polar surface area (TPSA) is 94.1 Å². The summed E-state index contributed by atoms with van der Waals surface area (Å²) < 4.78 is 16.5. The third kappa shape index (κ3) is 7.27. The van der Waals surface area contributed by atoms with Gasteiger partial charge in [-0.15, -0.1) is 0 Å². The van der Waals surface area contributed by atoms with Gasteiger partial charge in [0.1, 0.15) is 19.0 Å². The van der Waals surface area contributed by atoms with Crippen LogP contribution in [0, 0.1) is 0 Å². The van der Waals surface area contributed by atoms with Crippen molar-refractivity contribution in [3.63, 3.8) is 0 Å².